The summed E-state index contributed by atoms with van der Waals surface area (Å²) < 4.78 is 0.760. The highest BCUT2D eigenvalue weighted by molar-refractivity contribution is 8.07. The number of anilines is 1. The number of thioether (sulfide) groups is 2. The topological polar surface area (TPSA) is 126 Å². The van der Waals surface area contributed by atoms with Crippen molar-refractivity contribution in [3.63, 3.8) is 0 Å². The number of aromatic nitrogens is 1. The Hall–Kier alpha value is -2.50. The van der Waals surface area contributed by atoms with Crippen LogP contribution >= 0.6 is 34.9 Å². The number of hydrogen-bond donors (Lipinski definition) is 3. The quantitative estimate of drug-likeness (QED) is 0.571. The molecule has 2 aliphatic heterocycles. The van der Waals surface area contributed by atoms with Gasteiger partial charge in [0.15, 0.2) is 5.13 Å². The standard InChI is InChI=1S/C18H16N4O4S3/c19-18-20-7-12(29-18)28-10-8-27-16-13(15(24)22(16)14(10)17(25)26)21-11(23)6-9-4-2-1-3-5-9/h1-5,7,13,16H,6,8H2,(H2,19,20)(H,21,23)(H,25,26)/t13-,16+/m1/s1. The van der Waals surface area contributed by atoms with Crippen molar-refractivity contribution < 1.29 is 19.5 Å². The summed E-state index contributed by atoms with van der Waals surface area (Å²) in [6, 6.07) is 8.50. The van der Waals surface area contributed by atoms with Crippen LogP contribution in [0, 0.1) is 0 Å². The number of carboxylic acids is 1. The predicted molar refractivity (Wildman–Crippen MR) is 112 cm³/mol. The minimum atomic E-state index is -1.17. The first-order valence-electron chi connectivity index (χ1n) is 8.57. The van der Waals surface area contributed by atoms with Crippen LogP contribution in [0.4, 0.5) is 5.13 Å². The van der Waals surface area contributed by atoms with Crippen molar-refractivity contribution in [1.82, 2.24) is 15.2 Å². The van der Waals surface area contributed by atoms with Crippen LogP contribution < -0.4 is 11.1 Å². The second kappa shape index (κ2) is 8.09. The number of amides is 2. The first-order chi connectivity index (χ1) is 13.9. The zero-order chi connectivity index (χ0) is 20.5. The first kappa shape index (κ1) is 19.8. The van der Waals surface area contributed by atoms with Gasteiger partial charge in [-0.3, -0.25) is 14.5 Å². The summed E-state index contributed by atoms with van der Waals surface area (Å²) >= 11 is 3.94. The third kappa shape index (κ3) is 3.98. The van der Waals surface area contributed by atoms with Gasteiger partial charge in [-0.15, -0.1) is 11.8 Å². The summed E-state index contributed by atoms with van der Waals surface area (Å²) in [5.41, 5.74) is 6.44. The molecular formula is C18H16N4O4S3. The summed E-state index contributed by atoms with van der Waals surface area (Å²) in [5, 5.41) is 12.4. The Morgan fingerprint density at radius 2 is 2.10 bits per heavy atom. The molecule has 0 saturated carbocycles. The van der Waals surface area contributed by atoms with E-state index in [9.17, 15) is 19.5 Å². The van der Waals surface area contributed by atoms with E-state index in [4.69, 9.17) is 5.73 Å². The predicted octanol–water partition coefficient (Wildman–Crippen LogP) is 1.76. The largest absolute Gasteiger partial charge is 0.477 e. The number of nitrogens with two attached hydrogens (primary N) is 1. The van der Waals surface area contributed by atoms with E-state index in [2.05, 4.69) is 10.3 Å². The van der Waals surface area contributed by atoms with Crippen molar-refractivity contribution >= 4 is 57.8 Å². The molecule has 1 aromatic carbocycles. The van der Waals surface area contributed by atoms with E-state index in [1.165, 1.54) is 39.8 Å². The molecule has 4 rings (SSSR count). The highest BCUT2D eigenvalue weighted by atomic mass is 32.2. The minimum Gasteiger partial charge on any atom is -0.477 e. The molecule has 2 aromatic rings. The maximum atomic E-state index is 12.7. The fourth-order valence-corrected chi connectivity index (χ4v) is 6.52. The van der Waals surface area contributed by atoms with Crippen molar-refractivity contribution in [2.24, 2.45) is 0 Å². The van der Waals surface area contributed by atoms with Gasteiger partial charge in [0.2, 0.25) is 5.91 Å². The van der Waals surface area contributed by atoms with Crippen molar-refractivity contribution in [3.05, 3.63) is 52.7 Å². The second-order valence-corrected chi connectivity index (χ2v) is 9.88. The molecular weight excluding hydrogens is 432 g/mol. The maximum absolute atomic E-state index is 12.7. The molecule has 0 bridgehead atoms. The number of nitrogens with zero attached hydrogens (tertiary/aromatic N) is 2. The summed E-state index contributed by atoms with van der Waals surface area (Å²) in [5.74, 6) is -1.43. The number of nitrogens with one attached hydrogen (secondary N) is 1. The number of benzene rings is 1. The lowest BCUT2D eigenvalue weighted by atomic mass is 10.0. The summed E-state index contributed by atoms with van der Waals surface area (Å²) in [6.07, 6.45) is 1.75. The Bertz CT molecular complexity index is 1010. The van der Waals surface area contributed by atoms with Gasteiger partial charge in [0.1, 0.15) is 17.1 Å². The first-order valence-corrected chi connectivity index (χ1v) is 11.3. The van der Waals surface area contributed by atoms with Crippen LogP contribution in [0.2, 0.25) is 0 Å². The molecule has 3 heterocycles. The van der Waals surface area contributed by atoms with Crippen LogP contribution in [0.1, 0.15) is 5.56 Å². The fraction of sp³-hybridized carbons (Fsp3) is 0.222. The minimum absolute atomic E-state index is 0.0377. The summed E-state index contributed by atoms with van der Waals surface area (Å²) in [6.45, 7) is 0. The van der Waals surface area contributed by atoms with Gasteiger partial charge < -0.3 is 16.2 Å². The van der Waals surface area contributed by atoms with Crippen molar-refractivity contribution in [2.75, 3.05) is 11.5 Å². The Labute approximate surface area is 178 Å². The van der Waals surface area contributed by atoms with Gasteiger partial charge in [-0.05, 0) is 5.56 Å². The van der Waals surface area contributed by atoms with Crippen LogP contribution in [0.15, 0.2) is 51.3 Å². The number of fused-ring (bicyclic) bond motifs is 1. The number of nitrogen functional groups attached to an aromatic ring is 1. The molecule has 2 amide bonds. The normalized spacial score (nSPS) is 20.8. The zero-order valence-electron chi connectivity index (χ0n) is 14.9. The van der Waals surface area contributed by atoms with E-state index in [0.29, 0.717) is 15.8 Å². The van der Waals surface area contributed by atoms with Crippen LogP contribution in [0.5, 0.6) is 0 Å². The molecule has 0 radical (unpaired) electrons. The van der Waals surface area contributed by atoms with Gasteiger partial charge in [-0.2, -0.15) is 0 Å². The molecule has 1 fully saturated rings. The molecule has 0 spiro atoms. The van der Waals surface area contributed by atoms with Crippen LogP contribution in [0.3, 0.4) is 0 Å². The van der Waals surface area contributed by atoms with E-state index in [1.54, 1.807) is 6.20 Å². The molecule has 8 nitrogen and oxygen atoms in total. The molecule has 1 aromatic heterocycles. The lowest BCUT2D eigenvalue weighted by Crippen LogP contribution is -2.70. The summed E-state index contributed by atoms with van der Waals surface area (Å²) in [7, 11) is 0. The van der Waals surface area contributed by atoms with Gasteiger partial charge >= 0.3 is 5.97 Å². The van der Waals surface area contributed by atoms with Gasteiger partial charge in [0.25, 0.3) is 5.91 Å². The molecule has 2 aliphatic rings. The second-order valence-electron chi connectivity index (χ2n) is 6.31. The van der Waals surface area contributed by atoms with Gasteiger partial charge in [0, 0.05) is 10.7 Å². The Kier molecular flexibility index (Phi) is 5.52. The number of carbonyl (C=O) groups excluding carboxylic acids is 2. The van der Waals surface area contributed by atoms with Crippen LogP contribution in [-0.2, 0) is 20.8 Å². The van der Waals surface area contributed by atoms with Gasteiger partial charge in [-0.25, -0.2) is 9.78 Å². The number of rotatable bonds is 6. The van der Waals surface area contributed by atoms with Crippen LogP contribution in [0.25, 0.3) is 0 Å². The molecule has 0 aliphatic carbocycles. The Morgan fingerprint density at radius 3 is 2.76 bits per heavy atom. The van der Waals surface area contributed by atoms with E-state index < -0.39 is 23.3 Å². The number of aliphatic carboxylic acids is 1. The molecule has 1 saturated heterocycles. The zero-order valence-corrected chi connectivity index (χ0v) is 17.4. The number of hydrogen-bond acceptors (Lipinski definition) is 8. The monoisotopic (exact) mass is 448 g/mol. The van der Waals surface area contributed by atoms with E-state index in [-0.39, 0.29) is 18.0 Å². The van der Waals surface area contributed by atoms with E-state index in [0.717, 1.165) is 9.77 Å². The maximum Gasteiger partial charge on any atom is 0.353 e. The van der Waals surface area contributed by atoms with E-state index >= 15 is 0 Å². The lowest BCUT2D eigenvalue weighted by Gasteiger charge is -2.49. The van der Waals surface area contributed by atoms with Gasteiger partial charge in [-0.1, -0.05) is 53.4 Å². The average molecular weight is 449 g/mol. The molecule has 150 valence electrons. The number of carboxylic acid groups (broad SMARTS) is 1. The highest BCUT2D eigenvalue weighted by Crippen LogP contribution is 2.46. The fourth-order valence-electron chi connectivity index (χ4n) is 3.12. The molecule has 0 unspecified atom stereocenters. The lowest BCUT2D eigenvalue weighted by molar-refractivity contribution is -0.150. The smallest absolute Gasteiger partial charge is 0.353 e. The highest BCUT2D eigenvalue weighted by Gasteiger charge is 2.54. The van der Waals surface area contributed by atoms with Gasteiger partial charge in [0.05, 0.1) is 16.8 Å². The molecule has 4 N–H and O–H groups in total. The number of carbonyl (C=O) groups is 3. The van der Waals surface area contributed by atoms with Crippen molar-refractivity contribution in [2.45, 2.75) is 22.0 Å². The Morgan fingerprint density at radius 1 is 1.34 bits per heavy atom. The molecule has 2 atom stereocenters. The number of β-lactam (4-membered cyclic amide) rings is 1. The van der Waals surface area contributed by atoms with Crippen molar-refractivity contribution in [3.8, 4) is 0 Å². The average Bonchev–Trinajstić information content (AvgIpc) is 3.11. The third-order valence-corrected chi connectivity index (χ3v) is 7.86. The SMILES string of the molecule is Nc1ncc(SC2=C(C(=O)O)N3C(=O)[C@@H](NC(=O)Cc4ccccc4)[C@@H]3SC2)s1. The molecule has 29 heavy (non-hydrogen) atoms. The van der Waals surface area contributed by atoms with E-state index in [1.807, 2.05) is 30.3 Å². The van der Waals surface area contributed by atoms with Crippen molar-refractivity contribution in [1.29, 1.82) is 0 Å². The Balaban J connectivity index is 1.47. The molecule has 11 heteroatoms. The summed E-state index contributed by atoms with van der Waals surface area (Å²) in [4.78, 5) is 42.6. The van der Waals surface area contributed by atoms with Crippen LogP contribution in [-0.4, -0.2) is 49.9 Å². The number of thiazole rings is 1. The third-order valence-electron chi connectivity index (χ3n) is 4.39.